The topological polar surface area (TPSA) is 136 Å². The number of rotatable bonds is 8. The van der Waals surface area contributed by atoms with Gasteiger partial charge in [0.25, 0.3) is 0 Å². The van der Waals surface area contributed by atoms with Gasteiger partial charge in [-0.1, -0.05) is 26.0 Å². The van der Waals surface area contributed by atoms with E-state index in [4.69, 9.17) is 4.74 Å². The highest BCUT2D eigenvalue weighted by Gasteiger charge is 2.22. The number of hydrogen-bond donors (Lipinski definition) is 2. The van der Waals surface area contributed by atoms with Crippen LogP contribution in [0.15, 0.2) is 59.2 Å². The molecule has 3 aromatic rings. The third-order valence-corrected chi connectivity index (χ3v) is 6.86. The molecule has 0 aliphatic rings. The minimum absolute atomic E-state index is 0.0668. The molecule has 0 fully saturated rings. The van der Waals surface area contributed by atoms with Crippen molar-refractivity contribution in [1.82, 2.24) is 14.3 Å². The van der Waals surface area contributed by atoms with E-state index in [2.05, 4.69) is 9.97 Å². The minimum atomic E-state index is -3.64. The van der Waals surface area contributed by atoms with E-state index in [1.165, 1.54) is 28.6 Å². The quantitative estimate of drug-likeness (QED) is 0.303. The van der Waals surface area contributed by atoms with Gasteiger partial charge < -0.3 is 14.8 Å². The molecule has 0 aliphatic heterocycles. The van der Waals surface area contributed by atoms with Gasteiger partial charge in [0, 0.05) is 13.1 Å². The van der Waals surface area contributed by atoms with E-state index in [-0.39, 0.29) is 21.9 Å². The number of para-hydroxylation sites is 2. The normalized spacial score (nSPS) is 12.4. The van der Waals surface area contributed by atoms with E-state index < -0.39 is 28.4 Å². The number of imidazole rings is 1. The van der Waals surface area contributed by atoms with Crippen LogP contribution >= 0.6 is 0 Å². The van der Waals surface area contributed by atoms with E-state index in [1.54, 1.807) is 38.1 Å². The zero-order chi connectivity index (χ0) is 23.3. The van der Waals surface area contributed by atoms with E-state index in [0.29, 0.717) is 24.1 Å². The molecule has 0 radical (unpaired) electrons. The Bertz CT molecular complexity index is 1270. The van der Waals surface area contributed by atoms with Crippen molar-refractivity contribution < 1.29 is 23.1 Å². The summed E-state index contributed by atoms with van der Waals surface area (Å²) in [4.78, 5) is 19.6. The van der Waals surface area contributed by atoms with Gasteiger partial charge in [-0.25, -0.2) is 18.2 Å². The lowest BCUT2D eigenvalue weighted by molar-refractivity contribution is 0.0502. The van der Waals surface area contributed by atoms with Crippen molar-refractivity contribution in [2.24, 2.45) is 0 Å². The number of aromatic nitrogens is 2. The van der Waals surface area contributed by atoms with Crippen LogP contribution in [0.1, 0.15) is 30.0 Å². The number of fused-ring (bicyclic) bond motifs is 1. The molecule has 0 saturated heterocycles. The molecule has 2 aromatic carbocycles. The van der Waals surface area contributed by atoms with Gasteiger partial charge in [0.2, 0.25) is 10.0 Å². The van der Waals surface area contributed by atoms with E-state index in [0.717, 1.165) is 0 Å². The van der Waals surface area contributed by atoms with Crippen LogP contribution in [-0.4, -0.2) is 53.5 Å². The second kappa shape index (κ2) is 9.64. The fourth-order valence-corrected chi connectivity index (χ4v) is 4.55. The number of benzene rings is 2. The zero-order valence-corrected chi connectivity index (χ0v) is 18.4. The SMILES string of the molecule is CCN(CC)S(=O)(=O)c1ccc(C(=O)OC/C(O)=C(\C#N)c2nc3ccccc3[nH]2)cc1. The Morgan fingerprint density at radius 2 is 1.81 bits per heavy atom. The molecule has 9 nitrogen and oxygen atoms in total. The third kappa shape index (κ3) is 4.64. The number of H-pyrrole nitrogens is 1. The van der Waals surface area contributed by atoms with Crippen molar-refractivity contribution in [2.75, 3.05) is 19.7 Å². The summed E-state index contributed by atoms with van der Waals surface area (Å²) in [5.74, 6) is -1.07. The fourth-order valence-electron chi connectivity index (χ4n) is 3.09. The fraction of sp³-hybridized carbons (Fsp3) is 0.227. The number of sulfonamides is 1. The molecular formula is C22H22N4O5S. The number of carbonyl (C=O) groups is 1. The van der Waals surface area contributed by atoms with Gasteiger partial charge in [0.15, 0.2) is 11.6 Å². The van der Waals surface area contributed by atoms with Crippen LogP contribution in [-0.2, 0) is 14.8 Å². The third-order valence-electron chi connectivity index (χ3n) is 4.80. The van der Waals surface area contributed by atoms with Crippen LogP contribution in [0.2, 0.25) is 0 Å². The Balaban J connectivity index is 1.73. The molecule has 1 aromatic heterocycles. The molecule has 0 bridgehead atoms. The summed E-state index contributed by atoms with van der Waals surface area (Å²) in [7, 11) is -3.64. The number of hydrogen-bond acceptors (Lipinski definition) is 7. The Hall–Kier alpha value is -3.68. The van der Waals surface area contributed by atoms with Gasteiger partial charge in [-0.15, -0.1) is 0 Å². The number of aliphatic hydroxyl groups excluding tert-OH is 1. The second-order valence-corrected chi connectivity index (χ2v) is 8.66. The molecule has 166 valence electrons. The molecule has 2 N–H and O–H groups in total. The van der Waals surface area contributed by atoms with Crippen molar-refractivity contribution >= 4 is 32.6 Å². The summed E-state index contributed by atoms with van der Waals surface area (Å²) in [6, 6.07) is 14.3. The lowest BCUT2D eigenvalue weighted by Crippen LogP contribution is -2.30. The Morgan fingerprint density at radius 3 is 2.41 bits per heavy atom. The molecule has 0 amide bonds. The highest BCUT2D eigenvalue weighted by atomic mass is 32.2. The zero-order valence-electron chi connectivity index (χ0n) is 17.6. The predicted octanol–water partition coefficient (Wildman–Crippen LogP) is 3.24. The predicted molar refractivity (Wildman–Crippen MR) is 118 cm³/mol. The Labute approximate surface area is 185 Å². The molecule has 32 heavy (non-hydrogen) atoms. The van der Waals surface area contributed by atoms with E-state index in [1.807, 2.05) is 6.07 Å². The van der Waals surface area contributed by atoms with Crippen LogP contribution in [0.25, 0.3) is 16.6 Å². The van der Waals surface area contributed by atoms with Gasteiger partial charge >= 0.3 is 5.97 Å². The summed E-state index contributed by atoms with van der Waals surface area (Å²) in [5.41, 5.74) is 1.29. The van der Waals surface area contributed by atoms with Crippen LogP contribution in [0.5, 0.6) is 0 Å². The summed E-state index contributed by atoms with van der Waals surface area (Å²) in [6.07, 6.45) is 0. The van der Waals surface area contributed by atoms with Gasteiger partial charge in [-0.2, -0.15) is 9.57 Å². The molecule has 0 atom stereocenters. The summed E-state index contributed by atoms with van der Waals surface area (Å²) < 4.78 is 31.5. The van der Waals surface area contributed by atoms with E-state index in [9.17, 15) is 23.6 Å². The number of esters is 1. The van der Waals surface area contributed by atoms with Crippen LogP contribution in [0.4, 0.5) is 0 Å². The van der Waals surface area contributed by atoms with Crippen LogP contribution in [0.3, 0.4) is 0 Å². The minimum Gasteiger partial charge on any atom is -0.507 e. The van der Waals surface area contributed by atoms with Crippen LogP contribution in [0, 0.1) is 11.3 Å². The maximum Gasteiger partial charge on any atom is 0.338 e. The van der Waals surface area contributed by atoms with Crippen LogP contribution < -0.4 is 0 Å². The number of nitrogens with zero attached hydrogens (tertiary/aromatic N) is 3. The molecular weight excluding hydrogens is 432 g/mol. The number of nitriles is 1. The maximum absolute atomic E-state index is 12.5. The first-order chi connectivity index (χ1) is 15.3. The lowest BCUT2D eigenvalue weighted by atomic mass is 10.2. The van der Waals surface area contributed by atoms with Gasteiger partial charge in [0.1, 0.15) is 18.2 Å². The molecule has 0 saturated carbocycles. The van der Waals surface area contributed by atoms with Gasteiger partial charge in [0.05, 0.1) is 21.5 Å². The van der Waals surface area contributed by atoms with Crippen molar-refractivity contribution in [3.05, 3.63) is 65.7 Å². The smallest absolute Gasteiger partial charge is 0.338 e. The largest absolute Gasteiger partial charge is 0.507 e. The molecule has 3 rings (SSSR count). The molecule has 10 heteroatoms. The first-order valence-corrected chi connectivity index (χ1v) is 11.3. The van der Waals surface area contributed by atoms with Crippen molar-refractivity contribution in [3.63, 3.8) is 0 Å². The highest BCUT2D eigenvalue weighted by molar-refractivity contribution is 7.89. The van der Waals surface area contributed by atoms with Crippen molar-refractivity contribution in [2.45, 2.75) is 18.7 Å². The molecule has 0 aliphatic carbocycles. The monoisotopic (exact) mass is 454 g/mol. The second-order valence-electron chi connectivity index (χ2n) is 6.73. The van der Waals surface area contributed by atoms with E-state index >= 15 is 0 Å². The number of nitrogens with one attached hydrogen (secondary N) is 1. The first kappa shape index (κ1) is 23.0. The average molecular weight is 455 g/mol. The summed E-state index contributed by atoms with van der Waals surface area (Å²) >= 11 is 0. The summed E-state index contributed by atoms with van der Waals surface area (Å²) in [5, 5.41) is 19.7. The molecule has 0 spiro atoms. The standard InChI is InChI=1S/C22H22N4O5S/c1-3-26(4-2)32(29,30)16-11-9-15(10-12-16)22(28)31-14-20(27)17(13-23)21-24-18-7-5-6-8-19(18)25-21/h5-12,27H,3-4,14H2,1-2H3,(H,24,25)/b20-17-. The maximum atomic E-state index is 12.5. The van der Waals surface area contributed by atoms with Gasteiger partial charge in [-0.3, -0.25) is 0 Å². The Kier molecular flexibility index (Phi) is 6.92. The molecule has 1 heterocycles. The number of ether oxygens (including phenoxy) is 1. The summed E-state index contributed by atoms with van der Waals surface area (Å²) in [6.45, 7) is 3.61. The number of aliphatic hydroxyl groups is 1. The first-order valence-electron chi connectivity index (χ1n) is 9.86. The number of aromatic amines is 1. The Morgan fingerprint density at radius 1 is 1.16 bits per heavy atom. The number of carbonyl (C=O) groups excluding carboxylic acids is 1. The van der Waals surface area contributed by atoms with Crippen molar-refractivity contribution in [1.29, 1.82) is 5.26 Å². The highest BCUT2D eigenvalue weighted by Crippen LogP contribution is 2.20. The van der Waals surface area contributed by atoms with Crippen molar-refractivity contribution in [3.8, 4) is 6.07 Å². The van der Waals surface area contributed by atoms with Gasteiger partial charge in [-0.05, 0) is 36.4 Å². The molecule has 0 unspecified atom stereocenters. The average Bonchev–Trinajstić information content (AvgIpc) is 3.22. The number of allylic oxidation sites excluding steroid dienone is 1. The lowest BCUT2D eigenvalue weighted by Gasteiger charge is -2.18.